The van der Waals surface area contributed by atoms with Crippen molar-refractivity contribution in [2.75, 3.05) is 13.6 Å². The quantitative estimate of drug-likeness (QED) is 0.633. The van der Waals surface area contributed by atoms with Gasteiger partial charge in [0.25, 0.3) is 5.91 Å². The van der Waals surface area contributed by atoms with Crippen molar-refractivity contribution in [3.05, 3.63) is 0 Å². The Labute approximate surface area is 86.6 Å². The van der Waals surface area contributed by atoms with E-state index in [0.717, 1.165) is 0 Å². The Morgan fingerprint density at radius 3 is 2.08 bits per heavy atom. The van der Waals surface area contributed by atoms with Crippen LogP contribution in [0.25, 0.3) is 0 Å². The topological polar surface area (TPSA) is 40.5 Å². The van der Waals surface area contributed by atoms with Crippen molar-refractivity contribution in [3.63, 3.8) is 0 Å². The molecule has 0 radical (unpaired) electrons. The lowest BCUT2D eigenvalue weighted by atomic mass is 9.75. The summed E-state index contributed by atoms with van der Waals surface area (Å²) >= 11 is 0. The van der Waals surface area contributed by atoms with Crippen molar-refractivity contribution in [1.82, 2.24) is 4.90 Å². The summed E-state index contributed by atoms with van der Waals surface area (Å²) in [5.74, 6) is -0.144. The predicted octanol–water partition coefficient (Wildman–Crippen LogP) is 0.738. The summed E-state index contributed by atoms with van der Waals surface area (Å²) < 4.78 is 0. The summed E-state index contributed by atoms with van der Waals surface area (Å²) in [6.07, 6.45) is 0.547. The summed E-state index contributed by atoms with van der Waals surface area (Å²) in [7, 11) is 1.73. The Morgan fingerprint density at radius 2 is 1.92 bits per heavy atom. The van der Waals surface area contributed by atoms with Gasteiger partial charge in [0.15, 0.2) is 0 Å². The maximum atomic E-state index is 11.5. The Bertz CT molecular complexity index is 212. The summed E-state index contributed by atoms with van der Waals surface area (Å²) in [5, 5.41) is 10.1. The van der Waals surface area contributed by atoms with Gasteiger partial charge in [0.2, 0.25) is 0 Å². The van der Waals surface area contributed by atoms with E-state index in [1.165, 1.54) is 0 Å². The molecule has 1 rings (SSSR count). The van der Waals surface area contributed by atoms with Crippen molar-refractivity contribution in [1.29, 1.82) is 0 Å². The summed E-state index contributed by atoms with van der Waals surface area (Å²) in [6.45, 7) is 6.34. The number of hydrogen-bond acceptors (Lipinski definition) is 2. The Hall–Kier alpha value is -0.220. The molecule has 0 bridgehead atoms. The second-order valence-corrected chi connectivity index (χ2v) is 4.59. The van der Waals surface area contributed by atoms with Crippen molar-refractivity contribution < 1.29 is 9.90 Å². The molecule has 0 aromatic heterocycles. The first-order valence-electron chi connectivity index (χ1n) is 4.27. The molecule has 1 N–H and O–H groups in total. The van der Waals surface area contributed by atoms with E-state index in [4.69, 9.17) is 0 Å². The number of aliphatic hydroxyl groups is 1. The maximum Gasteiger partial charge on any atom is 0.254 e. The van der Waals surface area contributed by atoms with Crippen molar-refractivity contribution in [3.8, 4) is 0 Å². The molecule has 0 saturated carbocycles. The van der Waals surface area contributed by atoms with Crippen LogP contribution >= 0.6 is 13.5 Å². The molecule has 13 heavy (non-hydrogen) atoms. The van der Waals surface area contributed by atoms with Gasteiger partial charge in [-0.05, 0) is 5.41 Å². The average Bonchev–Trinajstić information content (AvgIpc) is 2.16. The molecule has 1 amide bonds. The zero-order valence-electron chi connectivity index (χ0n) is 8.72. The fourth-order valence-electron chi connectivity index (χ4n) is 1.55. The fraction of sp³-hybridized carbons (Fsp3) is 0.889. The van der Waals surface area contributed by atoms with Crippen LogP contribution in [-0.4, -0.2) is 35.1 Å². The molecule has 0 aromatic rings. The Balaban J connectivity index is 0.00000144. The van der Waals surface area contributed by atoms with E-state index < -0.39 is 5.60 Å². The van der Waals surface area contributed by atoms with Crippen LogP contribution in [0.1, 0.15) is 27.2 Å². The minimum atomic E-state index is -1.15. The lowest BCUT2D eigenvalue weighted by Crippen LogP contribution is -2.49. The molecule has 1 saturated heterocycles. The van der Waals surface area contributed by atoms with Crippen LogP contribution in [-0.2, 0) is 4.79 Å². The van der Waals surface area contributed by atoms with Gasteiger partial charge in [0.1, 0.15) is 5.60 Å². The molecule has 1 aliphatic rings. The van der Waals surface area contributed by atoms with Crippen molar-refractivity contribution >= 4 is 19.4 Å². The molecule has 3 nitrogen and oxygen atoms in total. The lowest BCUT2D eigenvalue weighted by Gasteiger charge is -2.34. The van der Waals surface area contributed by atoms with Gasteiger partial charge in [0.05, 0.1) is 0 Å². The second-order valence-electron chi connectivity index (χ2n) is 4.59. The van der Waals surface area contributed by atoms with Gasteiger partial charge in [-0.15, -0.1) is 0 Å². The van der Waals surface area contributed by atoms with Crippen LogP contribution in [0.4, 0.5) is 0 Å². The van der Waals surface area contributed by atoms with Crippen LogP contribution in [0, 0.1) is 5.41 Å². The van der Waals surface area contributed by atoms with E-state index in [2.05, 4.69) is 0 Å². The number of carbonyl (C=O) groups excluding carboxylic acids is 1. The highest BCUT2D eigenvalue weighted by molar-refractivity contribution is 7.59. The highest BCUT2D eigenvalue weighted by Crippen LogP contribution is 2.38. The van der Waals surface area contributed by atoms with E-state index in [1.807, 2.05) is 20.8 Å². The third kappa shape index (κ3) is 1.83. The highest BCUT2D eigenvalue weighted by Gasteiger charge is 2.51. The first-order chi connectivity index (χ1) is 5.29. The number of amides is 1. The van der Waals surface area contributed by atoms with Gasteiger partial charge in [-0.25, -0.2) is 0 Å². The molecule has 0 aromatic carbocycles. The third-order valence-electron chi connectivity index (χ3n) is 2.75. The molecule has 78 valence electrons. The minimum absolute atomic E-state index is 0. The average molecular weight is 205 g/mol. The van der Waals surface area contributed by atoms with E-state index in [-0.39, 0.29) is 24.8 Å². The van der Waals surface area contributed by atoms with Crippen LogP contribution in [0.3, 0.4) is 0 Å². The zero-order chi connectivity index (χ0) is 9.57. The van der Waals surface area contributed by atoms with Crippen LogP contribution in [0.5, 0.6) is 0 Å². The van der Waals surface area contributed by atoms with Crippen LogP contribution in [0.2, 0.25) is 0 Å². The fourth-order valence-corrected chi connectivity index (χ4v) is 1.55. The third-order valence-corrected chi connectivity index (χ3v) is 2.75. The molecule has 0 spiro atoms. The lowest BCUT2D eigenvalue weighted by molar-refractivity contribution is -0.152. The number of carbonyl (C=O) groups is 1. The van der Waals surface area contributed by atoms with Crippen LogP contribution < -0.4 is 0 Å². The number of likely N-dealkylation sites (N-methyl/N-ethyl adjacent to an activating group) is 1. The number of rotatable bonds is 0. The molecule has 1 fully saturated rings. The molecule has 0 unspecified atom stereocenters. The van der Waals surface area contributed by atoms with Crippen molar-refractivity contribution in [2.45, 2.75) is 32.8 Å². The molecular formula is C9H19NO2S. The largest absolute Gasteiger partial charge is 0.379 e. The maximum absolute atomic E-state index is 11.5. The molecule has 0 aliphatic carbocycles. The predicted molar refractivity (Wildman–Crippen MR) is 57.0 cm³/mol. The van der Waals surface area contributed by atoms with E-state index in [1.54, 1.807) is 11.9 Å². The zero-order valence-corrected chi connectivity index (χ0v) is 9.72. The van der Waals surface area contributed by atoms with Gasteiger partial charge >= 0.3 is 0 Å². The summed E-state index contributed by atoms with van der Waals surface area (Å²) in [6, 6.07) is 0. The molecule has 4 heteroatoms. The van der Waals surface area contributed by atoms with Gasteiger partial charge in [-0.2, -0.15) is 13.5 Å². The normalized spacial score (nSPS) is 29.0. The van der Waals surface area contributed by atoms with Gasteiger partial charge < -0.3 is 10.0 Å². The summed E-state index contributed by atoms with van der Waals surface area (Å²) in [5.41, 5.74) is -1.52. The smallest absolute Gasteiger partial charge is 0.254 e. The Kier molecular flexibility index (Phi) is 3.44. The van der Waals surface area contributed by atoms with Gasteiger partial charge in [-0.3, -0.25) is 4.79 Å². The first kappa shape index (κ1) is 12.8. The Morgan fingerprint density at radius 1 is 1.46 bits per heavy atom. The monoisotopic (exact) mass is 205 g/mol. The minimum Gasteiger partial charge on any atom is -0.379 e. The standard InChI is InChI=1S/C9H17NO2.H2S/c1-8(2,3)9(12)5-6-10(4)7(9)11;/h12H,5-6H2,1-4H3;1H2/t9-;/m1./s1. The van der Waals surface area contributed by atoms with E-state index >= 15 is 0 Å². The van der Waals surface area contributed by atoms with Crippen LogP contribution in [0.15, 0.2) is 0 Å². The number of likely N-dealkylation sites (tertiary alicyclic amines) is 1. The van der Waals surface area contributed by atoms with E-state index in [9.17, 15) is 9.90 Å². The number of nitrogens with zero attached hydrogens (tertiary/aromatic N) is 1. The molecule has 1 aliphatic heterocycles. The molecule has 1 heterocycles. The van der Waals surface area contributed by atoms with Gasteiger partial charge in [-0.1, -0.05) is 20.8 Å². The molecule has 1 atom stereocenters. The van der Waals surface area contributed by atoms with Crippen molar-refractivity contribution in [2.24, 2.45) is 5.41 Å². The summed E-state index contributed by atoms with van der Waals surface area (Å²) in [4.78, 5) is 13.1. The SMILES string of the molecule is CN1CC[C@](O)(C(C)(C)C)C1=O.S. The van der Waals surface area contributed by atoms with Gasteiger partial charge in [0, 0.05) is 20.0 Å². The van der Waals surface area contributed by atoms with E-state index in [0.29, 0.717) is 13.0 Å². The molecular weight excluding hydrogens is 186 g/mol. The highest BCUT2D eigenvalue weighted by atomic mass is 32.1. The second kappa shape index (κ2) is 3.50. The number of hydrogen-bond donors (Lipinski definition) is 1. The first-order valence-corrected chi connectivity index (χ1v) is 4.27.